The van der Waals surface area contributed by atoms with Crippen LogP contribution in [0.3, 0.4) is 0 Å². The van der Waals surface area contributed by atoms with Gasteiger partial charge in [-0.1, -0.05) is 12.1 Å². The van der Waals surface area contributed by atoms with Crippen molar-refractivity contribution in [3.05, 3.63) is 59.9 Å². The summed E-state index contributed by atoms with van der Waals surface area (Å²) < 4.78 is 44.2. The van der Waals surface area contributed by atoms with Crippen LogP contribution in [0.15, 0.2) is 53.4 Å². The molecule has 0 heterocycles. The van der Waals surface area contributed by atoms with Crippen molar-refractivity contribution >= 4 is 33.5 Å². The maximum Gasteiger partial charge on any atom is 0.307 e. The average molecular weight is 466 g/mol. The second-order valence-electron chi connectivity index (χ2n) is 6.92. The highest BCUT2D eigenvalue weighted by molar-refractivity contribution is 7.89. The van der Waals surface area contributed by atoms with E-state index in [9.17, 15) is 27.2 Å². The van der Waals surface area contributed by atoms with Crippen molar-refractivity contribution in [2.75, 3.05) is 26.0 Å². The first-order valence-corrected chi connectivity index (χ1v) is 10.9. The summed E-state index contributed by atoms with van der Waals surface area (Å²) in [6, 6.07) is 9.87. The molecule has 2 aromatic carbocycles. The molecular weight excluding hydrogens is 441 g/mol. The van der Waals surface area contributed by atoms with E-state index in [0.717, 1.165) is 4.31 Å². The molecule has 11 heteroatoms. The third kappa shape index (κ3) is 6.86. The van der Waals surface area contributed by atoms with E-state index in [-0.39, 0.29) is 17.2 Å². The molecule has 172 valence electrons. The standard InChI is InChI=1S/C21H24FN3O6S/c1-14(26)23-17-8-10-18(11-9-17)32(29,30)25(2)13-20(27)24-19(12-21(28)31-3)15-4-6-16(22)7-5-15/h4-11,19H,12-13H2,1-3H3,(H,23,26)(H,24,27). The van der Waals surface area contributed by atoms with Gasteiger partial charge in [-0.3, -0.25) is 14.4 Å². The molecule has 0 fully saturated rings. The fraction of sp³-hybridized carbons (Fsp3) is 0.286. The van der Waals surface area contributed by atoms with Gasteiger partial charge in [0, 0.05) is 19.7 Å². The molecule has 0 aliphatic heterocycles. The SMILES string of the molecule is COC(=O)CC(NC(=O)CN(C)S(=O)(=O)c1ccc(NC(C)=O)cc1)c1ccc(F)cc1. The summed E-state index contributed by atoms with van der Waals surface area (Å²) in [5.41, 5.74) is 0.894. The lowest BCUT2D eigenvalue weighted by molar-refractivity contribution is -0.141. The van der Waals surface area contributed by atoms with E-state index in [4.69, 9.17) is 0 Å². The molecular formula is C21H24FN3O6S. The van der Waals surface area contributed by atoms with E-state index in [1.54, 1.807) is 0 Å². The predicted molar refractivity (Wildman–Crippen MR) is 114 cm³/mol. The van der Waals surface area contributed by atoms with Crippen molar-refractivity contribution in [2.24, 2.45) is 0 Å². The van der Waals surface area contributed by atoms with Crippen LogP contribution in [0.2, 0.25) is 0 Å². The molecule has 0 aliphatic rings. The number of benzene rings is 2. The zero-order valence-electron chi connectivity index (χ0n) is 17.8. The van der Waals surface area contributed by atoms with Crippen LogP contribution in [0.1, 0.15) is 24.9 Å². The summed E-state index contributed by atoms with van der Waals surface area (Å²) in [4.78, 5) is 35.3. The number of halogens is 1. The molecule has 2 aromatic rings. The molecule has 0 aromatic heterocycles. The maximum absolute atomic E-state index is 13.2. The van der Waals surface area contributed by atoms with Crippen LogP contribution in [0, 0.1) is 5.82 Å². The monoisotopic (exact) mass is 465 g/mol. The van der Waals surface area contributed by atoms with Gasteiger partial charge in [-0.2, -0.15) is 4.31 Å². The highest BCUT2D eigenvalue weighted by atomic mass is 32.2. The first-order valence-electron chi connectivity index (χ1n) is 9.48. The Morgan fingerprint density at radius 3 is 2.19 bits per heavy atom. The van der Waals surface area contributed by atoms with Crippen LogP contribution in [0.25, 0.3) is 0 Å². The van der Waals surface area contributed by atoms with Crippen LogP contribution in [-0.2, 0) is 29.1 Å². The first-order chi connectivity index (χ1) is 15.0. The lowest BCUT2D eigenvalue weighted by atomic mass is 10.0. The number of carbonyl (C=O) groups is 3. The number of hydrogen-bond donors (Lipinski definition) is 2. The van der Waals surface area contributed by atoms with E-state index < -0.39 is 40.3 Å². The van der Waals surface area contributed by atoms with Gasteiger partial charge in [0.25, 0.3) is 0 Å². The van der Waals surface area contributed by atoms with Crippen LogP contribution >= 0.6 is 0 Å². The van der Waals surface area contributed by atoms with Gasteiger partial charge in [-0.05, 0) is 42.0 Å². The Morgan fingerprint density at radius 1 is 1.06 bits per heavy atom. The van der Waals surface area contributed by atoms with Gasteiger partial charge in [0.2, 0.25) is 21.8 Å². The number of nitrogens with zero attached hydrogens (tertiary/aromatic N) is 1. The predicted octanol–water partition coefficient (Wildman–Crippen LogP) is 1.83. The summed E-state index contributed by atoms with van der Waals surface area (Å²) in [5.74, 6) is -2.03. The molecule has 1 unspecified atom stereocenters. The summed E-state index contributed by atoms with van der Waals surface area (Å²) in [6.45, 7) is 0.811. The number of esters is 1. The second-order valence-corrected chi connectivity index (χ2v) is 8.96. The number of likely N-dealkylation sites (N-methyl/N-ethyl adjacent to an activating group) is 1. The highest BCUT2D eigenvalue weighted by Crippen LogP contribution is 2.20. The molecule has 2 N–H and O–H groups in total. The minimum Gasteiger partial charge on any atom is -0.469 e. The van der Waals surface area contributed by atoms with Gasteiger partial charge in [-0.15, -0.1) is 0 Å². The van der Waals surface area contributed by atoms with E-state index in [1.807, 2.05) is 0 Å². The molecule has 9 nitrogen and oxygen atoms in total. The van der Waals surface area contributed by atoms with Crippen molar-refractivity contribution in [3.63, 3.8) is 0 Å². The number of sulfonamides is 1. The van der Waals surface area contributed by atoms with Crippen LogP contribution in [-0.4, -0.2) is 51.2 Å². The van der Waals surface area contributed by atoms with Gasteiger partial charge in [0.05, 0.1) is 31.0 Å². The smallest absolute Gasteiger partial charge is 0.307 e. The Bertz CT molecular complexity index is 1070. The number of ether oxygens (including phenoxy) is 1. The van der Waals surface area contributed by atoms with Crippen LogP contribution in [0.4, 0.5) is 10.1 Å². The van der Waals surface area contributed by atoms with Crippen molar-refractivity contribution in [1.82, 2.24) is 9.62 Å². The third-order valence-electron chi connectivity index (χ3n) is 4.46. The number of amides is 2. The second kappa shape index (κ2) is 10.8. The minimum absolute atomic E-state index is 0.0634. The Balaban J connectivity index is 2.11. The van der Waals surface area contributed by atoms with E-state index in [0.29, 0.717) is 11.3 Å². The topological polar surface area (TPSA) is 122 Å². The number of anilines is 1. The van der Waals surface area contributed by atoms with Gasteiger partial charge >= 0.3 is 5.97 Å². The van der Waals surface area contributed by atoms with Gasteiger partial charge < -0.3 is 15.4 Å². The Morgan fingerprint density at radius 2 is 1.66 bits per heavy atom. The Kier molecular flexibility index (Phi) is 8.44. The van der Waals surface area contributed by atoms with Gasteiger partial charge in [0.1, 0.15) is 5.82 Å². The molecule has 0 bridgehead atoms. The fourth-order valence-electron chi connectivity index (χ4n) is 2.82. The lowest BCUT2D eigenvalue weighted by Gasteiger charge is -2.21. The average Bonchev–Trinajstić information content (AvgIpc) is 2.73. The van der Waals surface area contributed by atoms with Crippen molar-refractivity contribution < 1.29 is 31.9 Å². The number of methoxy groups -OCH3 is 1. The molecule has 2 amide bonds. The molecule has 0 spiro atoms. The normalized spacial score (nSPS) is 12.2. The van der Waals surface area contributed by atoms with Gasteiger partial charge in [-0.25, -0.2) is 12.8 Å². The van der Waals surface area contributed by atoms with E-state index in [1.165, 1.54) is 69.6 Å². The summed E-state index contributed by atoms with van der Waals surface area (Å²) in [5, 5.41) is 5.12. The van der Waals surface area contributed by atoms with Gasteiger partial charge in [0.15, 0.2) is 0 Å². The fourth-order valence-corrected chi connectivity index (χ4v) is 3.95. The third-order valence-corrected chi connectivity index (χ3v) is 6.27. The number of carbonyl (C=O) groups excluding carboxylic acids is 3. The molecule has 2 rings (SSSR count). The number of hydrogen-bond acceptors (Lipinski definition) is 6. The Hall–Kier alpha value is -3.31. The highest BCUT2D eigenvalue weighted by Gasteiger charge is 2.25. The molecule has 0 radical (unpaired) electrons. The number of nitrogens with one attached hydrogen (secondary N) is 2. The summed E-state index contributed by atoms with van der Waals surface area (Å²) in [6.07, 6.45) is -0.213. The molecule has 0 saturated heterocycles. The molecule has 0 saturated carbocycles. The summed E-state index contributed by atoms with van der Waals surface area (Å²) >= 11 is 0. The Labute approximate surface area is 185 Å². The molecule has 32 heavy (non-hydrogen) atoms. The molecule has 0 aliphatic carbocycles. The largest absolute Gasteiger partial charge is 0.469 e. The van der Waals surface area contributed by atoms with E-state index >= 15 is 0 Å². The van der Waals surface area contributed by atoms with Crippen molar-refractivity contribution in [3.8, 4) is 0 Å². The summed E-state index contributed by atoms with van der Waals surface area (Å²) in [7, 11) is -1.56. The maximum atomic E-state index is 13.2. The minimum atomic E-state index is -3.99. The molecule has 1 atom stereocenters. The zero-order chi connectivity index (χ0) is 23.9. The van der Waals surface area contributed by atoms with Crippen LogP contribution in [0.5, 0.6) is 0 Å². The van der Waals surface area contributed by atoms with E-state index in [2.05, 4.69) is 15.4 Å². The van der Waals surface area contributed by atoms with Crippen molar-refractivity contribution in [1.29, 1.82) is 0 Å². The number of rotatable bonds is 9. The quantitative estimate of drug-likeness (QED) is 0.545. The zero-order valence-corrected chi connectivity index (χ0v) is 18.6. The lowest BCUT2D eigenvalue weighted by Crippen LogP contribution is -2.40. The van der Waals surface area contributed by atoms with Crippen molar-refractivity contribution in [2.45, 2.75) is 24.3 Å². The van der Waals surface area contributed by atoms with Crippen LogP contribution < -0.4 is 10.6 Å². The first kappa shape index (κ1) is 25.0.